The van der Waals surface area contributed by atoms with Crippen molar-refractivity contribution in [2.75, 3.05) is 0 Å². The lowest BCUT2D eigenvalue weighted by atomic mass is 9.79. The van der Waals surface area contributed by atoms with Gasteiger partial charge in [-0.05, 0) is 31.9 Å². The molecule has 1 aromatic rings. The van der Waals surface area contributed by atoms with Gasteiger partial charge in [0.15, 0.2) is 0 Å². The number of carboxylic acids is 1. The van der Waals surface area contributed by atoms with Crippen LogP contribution >= 0.6 is 0 Å². The van der Waals surface area contributed by atoms with E-state index in [1.54, 1.807) is 18.3 Å². The first kappa shape index (κ1) is 14.5. The molecule has 1 amide bonds. The van der Waals surface area contributed by atoms with E-state index in [1.807, 2.05) is 6.92 Å². The Labute approximate surface area is 118 Å². The van der Waals surface area contributed by atoms with E-state index in [2.05, 4.69) is 10.3 Å². The molecule has 1 aromatic heterocycles. The van der Waals surface area contributed by atoms with Gasteiger partial charge in [0.2, 0.25) is 0 Å². The molecule has 1 aliphatic rings. The van der Waals surface area contributed by atoms with E-state index in [9.17, 15) is 9.59 Å². The topological polar surface area (TPSA) is 79.3 Å². The second-order valence-corrected chi connectivity index (χ2v) is 5.55. The standard InChI is InChI=1S/C15H20N2O3/c1-11-9-12(5-8-16-11)14(20)17-15(10-13(18)19)6-3-2-4-7-15/h5,8-9H,2-4,6-7,10H2,1H3,(H,17,20)(H,18,19). The molecule has 0 aliphatic heterocycles. The lowest BCUT2D eigenvalue weighted by Gasteiger charge is -2.37. The number of amides is 1. The zero-order chi connectivity index (χ0) is 14.6. The maximum atomic E-state index is 12.3. The van der Waals surface area contributed by atoms with Crippen LogP contribution in [0.4, 0.5) is 0 Å². The van der Waals surface area contributed by atoms with E-state index >= 15 is 0 Å². The Balaban J connectivity index is 2.15. The van der Waals surface area contributed by atoms with Crippen molar-refractivity contribution in [2.24, 2.45) is 0 Å². The monoisotopic (exact) mass is 276 g/mol. The van der Waals surface area contributed by atoms with Crippen molar-refractivity contribution in [3.63, 3.8) is 0 Å². The summed E-state index contributed by atoms with van der Waals surface area (Å²) in [6.07, 6.45) is 6.07. The van der Waals surface area contributed by atoms with E-state index in [-0.39, 0.29) is 12.3 Å². The molecule has 108 valence electrons. The van der Waals surface area contributed by atoms with Crippen molar-refractivity contribution in [1.82, 2.24) is 10.3 Å². The minimum atomic E-state index is -0.863. The van der Waals surface area contributed by atoms with Crippen LogP contribution in [0.15, 0.2) is 18.3 Å². The fourth-order valence-electron chi connectivity index (χ4n) is 2.86. The summed E-state index contributed by atoms with van der Waals surface area (Å²) in [5.41, 5.74) is 0.708. The van der Waals surface area contributed by atoms with E-state index in [4.69, 9.17) is 5.11 Å². The van der Waals surface area contributed by atoms with Crippen LogP contribution in [0.1, 0.15) is 54.6 Å². The van der Waals surface area contributed by atoms with Gasteiger partial charge in [-0.3, -0.25) is 14.6 Å². The number of nitrogens with zero attached hydrogens (tertiary/aromatic N) is 1. The number of carbonyl (C=O) groups excluding carboxylic acids is 1. The van der Waals surface area contributed by atoms with Crippen molar-refractivity contribution < 1.29 is 14.7 Å². The van der Waals surface area contributed by atoms with Crippen LogP contribution in [-0.4, -0.2) is 27.5 Å². The van der Waals surface area contributed by atoms with Crippen LogP contribution in [0.3, 0.4) is 0 Å². The fourth-order valence-corrected chi connectivity index (χ4v) is 2.86. The van der Waals surface area contributed by atoms with Crippen molar-refractivity contribution in [3.05, 3.63) is 29.6 Å². The lowest BCUT2D eigenvalue weighted by molar-refractivity contribution is -0.139. The largest absolute Gasteiger partial charge is 0.481 e. The Hall–Kier alpha value is -1.91. The number of nitrogens with one attached hydrogen (secondary N) is 1. The number of aliphatic carboxylic acids is 1. The SMILES string of the molecule is Cc1cc(C(=O)NC2(CC(=O)O)CCCCC2)ccn1. The molecule has 2 N–H and O–H groups in total. The van der Waals surface area contributed by atoms with Gasteiger partial charge < -0.3 is 10.4 Å². The van der Waals surface area contributed by atoms with Gasteiger partial charge in [-0.1, -0.05) is 19.3 Å². The summed E-state index contributed by atoms with van der Waals surface area (Å²) >= 11 is 0. The number of carboxylic acid groups (broad SMARTS) is 1. The zero-order valence-corrected chi connectivity index (χ0v) is 11.7. The third-order valence-electron chi connectivity index (χ3n) is 3.84. The maximum Gasteiger partial charge on any atom is 0.305 e. The third-order valence-corrected chi connectivity index (χ3v) is 3.84. The van der Waals surface area contributed by atoms with Gasteiger partial charge in [-0.2, -0.15) is 0 Å². The van der Waals surface area contributed by atoms with Crippen LogP contribution in [0.5, 0.6) is 0 Å². The molecule has 0 aromatic carbocycles. The Morgan fingerprint density at radius 1 is 1.35 bits per heavy atom. The normalized spacial score (nSPS) is 17.4. The smallest absolute Gasteiger partial charge is 0.305 e. The molecule has 2 rings (SSSR count). The first-order valence-electron chi connectivity index (χ1n) is 6.98. The number of hydrogen-bond acceptors (Lipinski definition) is 3. The lowest BCUT2D eigenvalue weighted by Crippen LogP contribution is -2.51. The van der Waals surface area contributed by atoms with Crippen molar-refractivity contribution >= 4 is 11.9 Å². The van der Waals surface area contributed by atoms with Crippen LogP contribution < -0.4 is 5.32 Å². The summed E-state index contributed by atoms with van der Waals surface area (Å²) in [6.45, 7) is 1.82. The van der Waals surface area contributed by atoms with Crippen LogP contribution in [-0.2, 0) is 4.79 Å². The number of hydrogen-bond donors (Lipinski definition) is 2. The number of carbonyl (C=O) groups is 2. The molecule has 1 heterocycles. The van der Waals surface area contributed by atoms with Crippen LogP contribution in [0.25, 0.3) is 0 Å². The van der Waals surface area contributed by atoms with Crippen molar-refractivity contribution in [1.29, 1.82) is 0 Å². The second kappa shape index (κ2) is 6.03. The van der Waals surface area contributed by atoms with Crippen molar-refractivity contribution in [2.45, 2.75) is 51.0 Å². The first-order valence-corrected chi connectivity index (χ1v) is 6.98. The predicted octanol–water partition coefficient (Wildman–Crippen LogP) is 2.30. The Bertz CT molecular complexity index is 508. The number of pyridine rings is 1. The summed E-state index contributed by atoms with van der Waals surface area (Å²) in [5.74, 6) is -1.07. The van der Waals surface area contributed by atoms with Crippen LogP contribution in [0.2, 0.25) is 0 Å². The molecule has 20 heavy (non-hydrogen) atoms. The molecule has 5 nitrogen and oxygen atoms in total. The van der Waals surface area contributed by atoms with E-state index in [1.165, 1.54) is 0 Å². The molecule has 0 atom stereocenters. The quantitative estimate of drug-likeness (QED) is 0.884. The van der Waals surface area contributed by atoms with E-state index in [0.29, 0.717) is 5.56 Å². The molecule has 1 saturated carbocycles. The van der Waals surface area contributed by atoms with Gasteiger partial charge in [-0.25, -0.2) is 0 Å². The summed E-state index contributed by atoms with van der Waals surface area (Å²) in [5, 5.41) is 12.1. The minimum Gasteiger partial charge on any atom is -0.481 e. The molecule has 0 spiro atoms. The van der Waals surface area contributed by atoms with Gasteiger partial charge in [0.05, 0.1) is 12.0 Å². The molecule has 1 fully saturated rings. The second-order valence-electron chi connectivity index (χ2n) is 5.55. The van der Waals surface area contributed by atoms with Gasteiger partial charge in [0.25, 0.3) is 5.91 Å². The van der Waals surface area contributed by atoms with E-state index in [0.717, 1.165) is 37.8 Å². The van der Waals surface area contributed by atoms with Crippen molar-refractivity contribution in [3.8, 4) is 0 Å². The Morgan fingerprint density at radius 2 is 2.05 bits per heavy atom. The molecule has 5 heteroatoms. The molecular formula is C15H20N2O3. The molecular weight excluding hydrogens is 256 g/mol. The highest BCUT2D eigenvalue weighted by atomic mass is 16.4. The van der Waals surface area contributed by atoms with Crippen LogP contribution in [0, 0.1) is 6.92 Å². The van der Waals surface area contributed by atoms with Gasteiger partial charge in [0, 0.05) is 17.5 Å². The number of aryl methyl sites for hydroxylation is 1. The van der Waals surface area contributed by atoms with Gasteiger partial charge in [0.1, 0.15) is 0 Å². The summed E-state index contributed by atoms with van der Waals surface area (Å²) in [4.78, 5) is 27.5. The Kier molecular flexibility index (Phi) is 4.37. The zero-order valence-electron chi connectivity index (χ0n) is 11.7. The molecule has 1 aliphatic carbocycles. The average Bonchev–Trinajstić information content (AvgIpc) is 2.38. The maximum absolute atomic E-state index is 12.3. The van der Waals surface area contributed by atoms with Gasteiger partial charge >= 0.3 is 5.97 Å². The molecule has 0 unspecified atom stereocenters. The highest BCUT2D eigenvalue weighted by Gasteiger charge is 2.36. The minimum absolute atomic E-state index is 0.0111. The fraction of sp³-hybridized carbons (Fsp3) is 0.533. The molecule has 0 radical (unpaired) electrons. The summed E-state index contributed by atoms with van der Waals surface area (Å²) in [7, 11) is 0. The summed E-state index contributed by atoms with van der Waals surface area (Å²) < 4.78 is 0. The number of rotatable bonds is 4. The predicted molar refractivity (Wildman–Crippen MR) is 74.5 cm³/mol. The number of aromatic nitrogens is 1. The van der Waals surface area contributed by atoms with Gasteiger partial charge in [-0.15, -0.1) is 0 Å². The first-order chi connectivity index (χ1) is 9.51. The third kappa shape index (κ3) is 3.56. The van der Waals surface area contributed by atoms with E-state index < -0.39 is 11.5 Å². The Morgan fingerprint density at radius 3 is 2.65 bits per heavy atom. The average molecular weight is 276 g/mol. The summed E-state index contributed by atoms with van der Waals surface area (Å²) in [6, 6.07) is 3.37. The molecule has 0 bridgehead atoms. The molecule has 0 saturated heterocycles. The highest BCUT2D eigenvalue weighted by molar-refractivity contribution is 5.95. The highest BCUT2D eigenvalue weighted by Crippen LogP contribution is 2.31.